The first-order valence-corrected chi connectivity index (χ1v) is 7.11. The molecule has 1 rings (SSSR count). The molecule has 1 fully saturated rings. The van der Waals surface area contributed by atoms with E-state index in [-0.39, 0.29) is 0 Å². The van der Waals surface area contributed by atoms with Gasteiger partial charge in [0.15, 0.2) is 0 Å². The fourth-order valence-electron chi connectivity index (χ4n) is 2.42. The molecule has 1 N–H and O–H groups in total. The van der Waals surface area contributed by atoms with E-state index in [2.05, 4.69) is 38.0 Å². The van der Waals surface area contributed by atoms with Gasteiger partial charge in [0, 0.05) is 11.3 Å². The third-order valence-corrected chi connectivity index (χ3v) is 4.74. The zero-order valence-corrected chi connectivity index (χ0v) is 10.7. The Hall–Kier alpha value is 0.310. The Morgan fingerprint density at radius 1 is 1.50 bits per heavy atom. The lowest BCUT2D eigenvalue weighted by atomic mass is 9.94. The third-order valence-electron chi connectivity index (χ3n) is 3.22. The predicted molar refractivity (Wildman–Crippen MR) is 67.0 cm³/mol. The van der Waals surface area contributed by atoms with Crippen LogP contribution in [0.1, 0.15) is 46.0 Å². The zero-order chi connectivity index (χ0) is 10.4. The van der Waals surface area contributed by atoms with Gasteiger partial charge < -0.3 is 5.32 Å². The van der Waals surface area contributed by atoms with Gasteiger partial charge in [-0.2, -0.15) is 11.8 Å². The van der Waals surface area contributed by atoms with Crippen molar-refractivity contribution in [2.75, 3.05) is 12.8 Å². The molecule has 1 aliphatic rings. The van der Waals surface area contributed by atoms with Gasteiger partial charge >= 0.3 is 0 Å². The molecule has 1 saturated heterocycles. The smallest absolute Gasteiger partial charge is 0.0201 e. The van der Waals surface area contributed by atoms with Gasteiger partial charge in [-0.15, -0.1) is 0 Å². The summed E-state index contributed by atoms with van der Waals surface area (Å²) < 4.78 is 0. The molecular formula is C12H25NS. The van der Waals surface area contributed by atoms with E-state index < -0.39 is 0 Å². The molecule has 0 spiro atoms. The van der Waals surface area contributed by atoms with Gasteiger partial charge in [-0.1, -0.05) is 26.7 Å². The molecule has 14 heavy (non-hydrogen) atoms. The van der Waals surface area contributed by atoms with E-state index in [9.17, 15) is 0 Å². The molecule has 84 valence electrons. The van der Waals surface area contributed by atoms with E-state index >= 15 is 0 Å². The van der Waals surface area contributed by atoms with Gasteiger partial charge in [0.25, 0.3) is 0 Å². The summed E-state index contributed by atoms with van der Waals surface area (Å²) in [7, 11) is 2.13. The minimum absolute atomic E-state index is 0.754. The minimum atomic E-state index is 0.754. The Labute approximate surface area is 93.4 Å². The zero-order valence-electron chi connectivity index (χ0n) is 9.88. The average Bonchev–Trinajstić information content (AvgIpc) is 2.67. The summed E-state index contributed by atoms with van der Waals surface area (Å²) in [5.74, 6) is 2.27. The van der Waals surface area contributed by atoms with Crippen LogP contribution in [0.15, 0.2) is 0 Å². The quantitative estimate of drug-likeness (QED) is 0.729. The monoisotopic (exact) mass is 215 g/mol. The first kappa shape index (κ1) is 12.4. The van der Waals surface area contributed by atoms with E-state index in [1.165, 1.54) is 37.9 Å². The van der Waals surface area contributed by atoms with Gasteiger partial charge in [-0.05, 0) is 38.0 Å². The number of hydrogen-bond acceptors (Lipinski definition) is 2. The second-order valence-electron chi connectivity index (χ2n) is 4.58. The number of hydrogen-bond donors (Lipinski definition) is 1. The highest BCUT2D eigenvalue weighted by atomic mass is 32.2. The normalized spacial score (nSPS) is 26.4. The van der Waals surface area contributed by atoms with Crippen LogP contribution in [0.4, 0.5) is 0 Å². The molecule has 0 aliphatic carbocycles. The molecule has 0 aromatic rings. The van der Waals surface area contributed by atoms with Gasteiger partial charge in [0.1, 0.15) is 0 Å². The van der Waals surface area contributed by atoms with Crippen molar-refractivity contribution in [1.82, 2.24) is 5.32 Å². The summed E-state index contributed by atoms with van der Waals surface area (Å²) in [5.41, 5.74) is 0. The van der Waals surface area contributed by atoms with Crippen LogP contribution in [0.5, 0.6) is 0 Å². The van der Waals surface area contributed by atoms with Crippen LogP contribution in [0, 0.1) is 5.92 Å². The van der Waals surface area contributed by atoms with Crippen LogP contribution in [0.3, 0.4) is 0 Å². The lowest BCUT2D eigenvalue weighted by Crippen LogP contribution is -2.35. The summed E-state index contributed by atoms with van der Waals surface area (Å²) in [5, 5.41) is 4.40. The highest BCUT2D eigenvalue weighted by molar-refractivity contribution is 8.00. The van der Waals surface area contributed by atoms with Crippen molar-refractivity contribution in [3.8, 4) is 0 Å². The van der Waals surface area contributed by atoms with Crippen molar-refractivity contribution in [3.05, 3.63) is 0 Å². The molecule has 1 nitrogen and oxygen atoms in total. The van der Waals surface area contributed by atoms with Crippen molar-refractivity contribution in [3.63, 3.8) is 0 Å². The van der Waals surface area contributed by atoms with Crippen LogP contribution >= 0.6 is 11.8 Å². The van der Waals surface area contributed by atoms with Crippen molar-refractivity contribution in [1.29, 1.82) is 0 Å². The molecule has 0 amide bonds. The average molecular weight is 215 g/mol. The lowest BCUT2D eigenvalue weighted by molar-refractivity contribution is 0.387. The Bertz CT molecular complexity index is 143. The third kappa shape index (κ3) is 3.82. The molecule has 3 atom stereocenters. The summed E-state index contributed by atoms with van der Waals surface area (Å²) in [6.45, 7) is 4.68. The maximum atomic E-state index is 3.51. The molecule has 3 unspecified atom stereocenters. The summed E-state index contributed by atoms with van der Waals surface area (Å²) in [4.78, 5) is 0. The largest absolute Gasteiger partial charge is 0.316 e. The van der Waals surface area contributed by atoms with Crippen LogP contribution in [0.2, 0.25) is 0 Å². The maximum Gasteiger partial charge on any atom is 0.0201 e. The Morgan fingerprint density at radius 2 is 2.29 bits per heavy atom. The summed E-state index contributed by atoms with van der Waals surface area (Å²) in [6.07, 6.45) is 6.93. The summed E-state index contributed by atoms with van der Waals surface area (Å²) in [6, 6.07) is 0.754. The van der Waals surface area contributed by atoms with E-state index in [0.717, 1.165) is 17.2 Å². The standard InChI is InChI=1S/C12H25NS/c1-4-6-10(2)9-11(13-3)12-7-5-8-14-12/h10-13H,4-9H2,1-3H3. The first-order chi connectivity index (χ1) is 6.77. The minimum Gasteiger partial charge on any atom is -0.316 e. The molecule has 1 aliphatic heterocycles. The van der Waals surface area contributed by atoms with Crippen molar-refractivity contribution in [2.24, 2.45) is 5.92 Å². The van der Waals surface area contributed by atoms with Crippen molar-refractivity contribution in [2.45, 2.75) is 57.2 Å². The maximum absolute atomic E-state index is 3.51. The van der Waals surface area contributed by atoms with Crippen molar-refractivity contribution < 1.29 is 0 Å². The Morgan fingerprint density at radius 3 is 2.79 bits per heavy atom. The van der Waals surface area contributed by atoms with Gasteiger partial charge in [-0.25, -0.2) is 0 Å². The van der Waals surface area contributed by atoms with Crippen LogP contribution in [-0.4, -0.2) is 24.1 Å². The second-order valence-corrected chi connectivity index (χ2v) is 5.92. The number of thioether (sulfide) groups is 1. The van der Waals surface area contributed by atoms with Gasteiger partial charge in [0.05, 0.1) is 0 Å². The highest BCUT2D eigenvalue weighted by Gasteiger charge is 2.25. The molecular weight excluding hydrogens is 190 g/mol. The molecule has 0 saturated carbocycles. The number of nitrogens with one attached hydrogen (secondary N) is 1. The number of rotatable bonds is 6. The lowest BCUT2D eigenvalue weighted by Gasteiger charge is -2.25. The molecule has 2 heteroatoms. The first-order valence-electron chi connectivity index (χ1n) is 6.06. The SMILES string of the molecule is CCCC(C)CC(NC)C1CCCS1. The van der Waals surface area contributed by atoms with Crippen molar-refractivity contribution >= 4 is 11.8 Å². The van der Waals surface area contributed by atoms with E-state index in [1.54, 1.807) is 0 Å². The van der Waals surface area contributed by atoms with E-state index in [4.69, 9.17) is 0 Å². The molecule has 0 bridgehead atoms. The van der Waals surface area contributed by atoms with Crippen LogP contribution < -0.4 is 5.32 Å². The molecule has 0 radical (unpaired) electrons. The van der Waals surface area contributed by atoms with Gasteiger partial charge in [-0.3, -0.25) is 0 Å². The van der Waals surface area contributed by atoms with E-state index in [0.29, 0.717) is 0 Å². The van der Waals surface area contributed by atoms with Crippen LogP contribution in [0.25, 0.3) is 0 Å². The topological polar surface area (TPSA) is 12.0 Å². The van der Waals surface area contributed by atoms with E-state index in [1.807, 2.05) is 0 Å². The molecule has 1 heterocycles. The molecule has 0 aromatic carbocycles. The fraction of sp³-hybridized carbons (Fsp3) is 1.00. The fourth-order valence-corrected chi connectivity index (χ4v) is 3.87. The Kier molecular flexibility index (Phi) is 5.95. The van der Waals surface area contributed by atoms with Crippen LogP contribution in [-0.2, 0) is 0 Å². The summed E-state index contributed by atoms with van der Waals surface area (Å²) >= 11 is 2.17. The molecule has 0 aromatic heterocycles. The second kappa shape index (κ2) is 6.73. The Balaban J connectivity index is 2.29. The van der Waals surface area contributed by atoms with Gasteiger partial charge in [0.2, 0.25) is 0 Å². The highest BCUT2D eigenvalue weighted by Crippen LogP contribution is 2.31. The predicted octanol–water partition coefficient (Wildman–Crippen LogP) is 3.30.